The molecule has 1 atom stereocenters. The maximum atomic E-state index is 12.4. The Labute approximate surface area is 165 Å². The lowest BCUT2D eigenvalue weighted by Crippen LogP contribution is -2.41. The van der Waals surface area contributed by atoms with E-state index >= 15 is 0 Å². The molecular weight excluding hydrogens is 392 g/mol. The number of nitrogens with one attached hydrogen (secondary N) is 2. The Morgan fingerprint density at radius 1 is 1.31 bits per heavy atom. The van der Waals surface area contributed by atoms with E-state index in [-0.39, 0.29) is 18.3 Å². The Kier molecular flexibility index (Phi) is 8.53. The largest absolute Gasteiger partial charge is 0.357 e. The van der Waals surface area contributed by atoms with Gasteiger partial charge in [0, 0.05) is 36.2 Å². The van der Waals surface area contributed by atoms with Crippen molar-refractivity contribution < 1.29 is 8.42 Å². The van der Waals surface area contributed by atoms with Gasteiger partial charge in [-0.2, -0.15) is 11.8 Å². The summed E-state index contributed by atoms with van der Waals surface area (Å²) in [6.45, 7) is 6.14. The number of nitrogens with zero attached hydrogens (tertiary/aromatic N) is 2. The van der Waals surface area contributed by atoms with Crippen molar-refractivity contribution in [2.24, 2.45) is 4.99 Å². The Hall–Kier alpha value is -0.960. The molecular formula is C17H27ClN4O2S2. The molecule has 2 N–H and O–H groups in total. The van der Waals surface area contributed by atoms with Gasteiger partial charge in [0.15, 0.2) is 5.96 Å². The van der Waals surface area contributed by atoms with Gasteiger partial charge < -0.3 is 10.6 Å². The van der Waals surface area contributed by atoms with E-state index in [1.807, 2.05) is 38.1 Å². The van der Waals surface area contributed by atoms with Gasteiger partial charge in [-0.15, -0.1) is 0 Å². The zero-order chi connectivity index (χ0) is 19.0. The first kappa shape index (κ1) is 21.3. The number of rotatable bonds is 7. The van der Waals surface area contributed by atoms with E-state index in [0.29, 0.717) is 30.6 Å². The van der Waals surface area contributed by atoms with Gasteiger partial charge in [0.05, 0.1) is 18.3 Å². The molecule has 1 aromatic rings. The van der Waals surface area contributed by atoms with Gasteiger partial charge in [-0.3, -0.25) is 4.99 Å². The topological polar surface area (TPSA) is 73.8 Å². The predicted molar refractivity (Wildman–Crippen MR) is 112 cm³/mol. The molecule has 0 saturated carbocycles. The monoisotopic (exact) mass is 418 g/mol. The second-order valence-corrected chi connectivity index (χ2v) is 9.76. The van der Waals surface area contributed by atoms with E-state index in [2.05, 4.69) is 15.6 Å². The van der Waals surface area contributed by atoms with Crippen molar-refractivity contribution >= 4 is 39.3 Å². The lowest BCUT2D eigenvalue weighted by Gasteiger charge is -2.25. The molecule has 6 nitrogen and oxygen atoms in total. The van der Waals surface area contributed by atoms with Gasteiger partial charge >= 0.3 is 0 Å². The predicted octanol–water partition coefficient (Wildman–Crippen LogP) is 2.33. The van der Waals surface area contributed by atoms with Crippen LogP contribution in [-0.2, 0) is 10.0 Å². The Morgan fingerprint density at radius 2 is 1.96 bits per heavy atom. The van der Waals surface area contributed by atoms with Crippen LogP contribution in [0.3, 0.4) is 0 Å². The molecule has 9 heteroatoms. The SMILES string of the molecule is CCNC(=NCCS(=O)(=O)N1CCSCC1)NC(C)c1ccc(Cl)cc1. The summed E-state index contributed by atoms with van der Waals surface area (Å²) in [6.07, 6.45) is 0. The summed E-state index contributed by atoms with van der Waals surface area (Å²) in [5, 5.41) is 7.16. The molecule has 1 saturated heterocycles. The smallest absolute Gasteiger partial charge is 0.215 e. The molecule has 0 radical (unpaired) electrons. The van der Waals surface area contributed by atoms with Crippen LogP contribution in [0.2, 0.25) is 5.02 Å². The van der Waals surface area contributed by atoms with Crippen LogP contribution < -0.4 is 10.6 Å². The third-order valence-electron chi connectivity index (χ3n) is 4.05. The van der Waals surface area contributed by atoms with Crippen LogP contribution in [-0.4, -0.2) is 62.1 Å². The molecule has 0 spiro atoms. The van der Waals surface area contributed by atoms with Crippen LogP contribution in [0.5, 0.6) is 0 Å². The molecule has 0 aliphatic carbocycles. The summed E-state index contributed by atoms with van der Waals surface area (Å²) < 4.78 is 26.4. The van der Waals surface area contributed by atoms with Crippen molar-refractivity contribution in [1.82, 2.24) is 14.9 Å². The molecule has 1 fully saturated rings. The van der Waals surface area contributed by atoms with Crippen molar-refractivity contribution in [2.45, 2.75) is 19.9 Å². The fraction of sp³-hybridized carbons (Fsp3) is 0.588. The molecule has 26 heavy (non-hydrogen) atoms. The molecule has 2 rings (SSSR count). The van der Waals surface area contributed by atoms with Crippen molar-refractivity contribution in [3.05, 3.63) is 34.9 Å². The number of hydrogen-bond acceptors (Lipinski definition) is 4. The van der Waals surface area contributed by atoms with Crippen LogP contribution >= 0.6 is 23.4 Å². The molecule has 0 bridgehead atoms. The molecule has 1 unspecified atom stereocenters. The van der Waals surface area contributed by atoms with Crippen LogP contribution in [0, 0.1) is 0 Å². The summed E-state index contributed by atoms with van der Waals surface area (Å²) >= 11 is 7.72. The van der Waals surface area contributed by atoms with Gasteiger partial charge in [0.2, 0.25) is 10.0 Å². The number of aliphatic imine (C=N–C) groups is 1. The minimum absolute atomic E-state index is 0.0285. The van der Waals surface area contributed by atoms with E-state index in [9.17, 15) is 8.42 Å². The highest BCUT2D eigenvalue weighted by molar-refractivity contribution is 7.99. The molecule has 0 aromatic heterocycles. The van der Waals surface area contributed by atoms with Crippen LogP contribution in [0.4, 0.5) is 0 Å². The van der Waals surface area contributed by atoms with E-state index in [1.165, 1.54) is 0 Å². The van der Waals surface area contributed by atoms with Gasteiger partial charge in [-0.05, 0) is 31.5 Å². The van der Waals surface area contributed by atoms with Crippen molar-refractivity contribution in [1.29, 1.82) is 0 Å². The zero-order valence-electron chi connectivity index (χ0n) is 15.2. The first-order valence-corrected chi connectivity index (χ1v) is 11.9. The average molecular weight is 419 g/mol. The minimum atomic E-state index is -3.24. The normalized spacial score (nSPS) is 17.7. The first-order chi connectivity index (χ1) is 12.4. The summed E-state index contributed by atoms with van der Waals surface area (Å²) in [5.74, 6) is 2.37. The maximum absolute atomic E-state index is 12.4. The molecule has 1 aromatic carbocycles. The van der Waals surface area contributed by atoms with Gasteiger partial charge in [-0.1, -0.05) is 23.7 Å². The highest BCUT2D eigenvalue weighted by atomic mass is 35.5. The number of benzene rings is 1. The van der Waals surface area contributed by atoms with Crippen LogP contribution in [0.25, 0.3) is 0 Å². The molecule has 1 aliphatic rings. The highest BCUT2D eigenvalue weighted by Gasteiger charge is 2.23. The Balaban J connectivity index is 1.94. The number of halogens is 1. The molecule has 1 heterocycles. The number of thioether (sulfide) groups is 1. The van der Waals surface area contributed by atoms with Gasteiger partial charge in [-0.25, -0.2) is 12.7 Å². The summed E-state index contributed by atoms with van der Waals surface area (Å²) in [6, 6.07) is 7.65. The third-order valence-corrected chi connectivity index (χ3v) is 7.09. The molecule has 0 amide bonds. The number of guanidine groups is 1. The van der Waals surface area contributed by atoms with E-state index in [0.717, 1.165) is 17.1 Å². The second-order valence-electron chi connectivity index (χ2n) is 6.01. The van der Waals surface area contributed by atoms with Crippen molar-refractivity contribution in [3.63, 3.8) is 0 Å². The zero-order valence-corrected chi connectivity index (χ0v) is 17.6. The average Bonchev–Trinajstić information content (AvgIpc) is 2.63. The summed E-state index contributed by atoms with van der Waals surface area (Å²) in [5.41, 5.74) is 1.08. The summed E-state index contributed by atoms with van der Waals surface area (Å²) in [7, 11) is -3.24. The summed E-state index contributed by atoms with van der Waals surface area (Å²) in [4.78, 5) is 4.43. The fourth-order valence-corrected chi connectivity index (χ4v) is 5.17. The van der Waals surface area contributed by atoms with E-state index < -0.39 is 10.0 Å². The molecule has 146 valence electrons. The quantitative estimate of drug-likeness (QED) is 0.525. The number of sulfonamides is 1. The first-order valence-electron chi connectivity index (χ1n) is 8.78. The second kappa shape index (κ2) is 10.4. The van der Waals surface area contributed by atoms with E-state index in [1.54, 1.807) is 16.1 Å². The Bertz CT molecular complexity index is 689. The van der Waals surface area contributed by atoms with Crippen molar-refractivity contribution in [2.75, 3.05) is 43.4 Å². The fourth-order valence-electron chi connectivity index (χ4n) is 2.59. The van der Waals surface area contributed by atoms with Gasteiger partial charge in [0.1, 0.15) is 0 Å². The Morgan fingerprint density at radius 3 is 2.58 bits per heavy atom. The van der Waals surface area contributed by atoms with Crippen LogP contribution in [0.1, 0.15) is 25.5 Å². The lowest BCUT2D eigenvalue weighted by molar-refractivity contribution is 0.444. The van der Waals surface area contributed by atoms with Crippen LogP contribution in [0.15, 0.2) is 29.3 Å². The van der Waals surface area contributed by atoms with Gasteiger partial charge in [0.25, 0.3) is 0 Å². The minimum Gasteiger partial charge on any atom is -0.357 e. The highest BCUT2D eigenvalue weighted by Crippen LogP contribution is 2.16. The standard InChI is InChI=1S/C17H27ClN4O2S2/c1-3-19-17(21-14(2)15-4-6-16(18)7-5-15)20-8-13-26(23,24)22-9-11-25-12-10-22/h4-7,14H,3,8-13H2,1-2H3,(H2,19,20,21). The lowest BCUT2D eigenvalue weighted by atomic mass is 10.1. The molecule has 1 aliphatic heterocycles. The number of hydrogen-bond donors (Lipinski definition) is 2. The van der Waals surface area contributed by atoms with E-state index in [4.69, 9.17) is 11.6 Å². The maximum Gasteiger partial charge on any atom is 0.215 e. The third kappa shape index (κ3) is 6.64. The van der Waals surface area contributed by atoms with Crippen molar-refractivity contribution in [3.8, 4) is 0 Å².